The quantitative estimate of drug-likeness (QED) is 0.354. The van der Waals surface area contributed by atoms with Crippen LogP contribution in [0.25, 0.3) is 0 Å². The maximum Gasteiger partial charge on any atom is 0.350 e. The molecule has 0 aromatic carbocycles. The first-order valence-electron chi connectivity index (χ1n) is 7.49. The smallest absolute Gasteiger partial charge is 0.350 e. The molecule has 0 radical (unpaired) electrons. The molecule has 0 aromatic heterocycles. The largest absolute Gasteiger partial charge is 0.356 e. The Kier molecular flexibility index (Phi) is 10.5. The van der Waals surface area contributed by atoms with Crippen LogP contribution in [0.5, 0.6) is 0 Å². The normalized spacial score (nSPS) is 18.1. The van der Waals surface area contributed by atoms with Gasteiger partial charge in [0.25, 0.3) is 10.0 Å². The minimum atomic E-state index is -4.43. The average molecular weight is 468 g/mol. The number of alkyl halides is 2. The van der Waals surface area contributed by atoms with Gasteiger partial charge in [-0.25, -0.2) is 8.42 Å². The van der Waals surface area contributed by atoms with Gasteiger partial charge in [0.05, 0.1) is 0 Å². The number of hydrogen-bond acceptors (Lipinski definition) is 3. The van der Waals surface area contributed by atoms with Crippen LogP contribution in [0.1, 0.15) is 26.7 Å². The van der Waals surface area contributed by atoms with Gasteiger partial charge in [0.1, 0.15) is 0 Å². The number of halogens is 3. The van der Waals surface area contributed by atoms with Crippen molar-refractivity contribution in [2.75, 3.05) is 33.2 Å². The number of sulfonamides is 1. The summed E-state index contributed by atoms with van der Waals surface area (Å²) in [6.07, 6.45) is 1.14. The molecule has 0 aliphatic carbocycles. The minimum absolute atomic E-state index is 0. The van der Waals surface area contributed by atoms with Crippen LogP contribution in [0.3, 0.4) is 0 Å². The minimum Gasteiger partial charge on any atom is -0.356 e. The van der Waals surface area contributed by atoms with E-state index in [1.807, 2.05) is 0 Å². The van der Waals surface area contributed by atoms with Crippen LogP contribution in [0.4, 0.5) is 8.78 Å². The standard InChI is InChI=1S/C13H26F2N4O2S.HI/c1-10(2)8-17-13(16-3)18-9-11-4-6-19(7-5-11)22(20,21)12(14)15;/h10-12H,4-9H2,1-3H3,(H2,16,17,18);1H. The third kappa shape index (κ3) is 7.46. The Morgan fingerprint density at radius 3 is 2.26 bits per heavy atom. The Morgan fingerprint density at radius 2 is 1.83 bits per heavy atom. The lowest BCUT2D eigenvalue weighted by Crippen LogP contribution is -2.45. The molecule has 1 saturated heterocycles. The summed E-state index contributed by atoms with van der Waals surface area (Å²) in [5.74, 6) is -1.87. The van der Waals surface area contributed by atoms with Gasteiger partial charge in [-0.1, -0.05) is 13.8 Å². The molecule has 2 N–H and O–H groups in total. The number of rotatable bonds is 6. The summed E-state index contributed by atoms with van der Waals surface area (Å²) in [4.78, 5) is 4.11. The number of hydrogen-bond donors (Lipinski definition) is 2. The van der Waals surface area contributed by atoms with E-state index in [0.29, 0.717) is 31.3 Å². The fraction of sp³-hybridized carbons (Fsp3) is 0.923. The van der Waals surface area contributed by atoms with Gasteiger partial charge in [-0.15, -0.1) is 24.0 Å². The van der Waals surface area contributed by atoms with E-state index in [9.17, 15) is 17.2 Å². The predicted molar refractivity (Wildman–Crippen MR) is 98.8 cm³/mol. The number of guanidine groups is 1. The lowest BCUT2D eigenvalue weighted by molar-refractivity contribution is 0.204. The second-order valence-electron chi connectivity index (χ2n) is 5.88. The Morgan fingerprint density at radius 1 is 1.26 bits per heavy atom. The maximum atomic E-state index is 12.5. The highest BCUT2D eigenvalue weighted by molar-refractivity contribution is 14.0. The van der Waals surface area contributed by atoms with Crippen molar-refractivity contribution in [3.05, 3.63) is 0 Å². The van der Waals surface area contributed by atoms with E-state index in [-0.39, 0.29) is 43.0 Å². The van der Waals surface area contributed by atoms with E-state index < -0.39 is 15.8 Å². The van der Waals surface area contributed by atoms with E-state index in [2.05, 4.69) is 29.5 Å². The average Bonchev–Trinajstić information content (AvgIpc) is 2.47. The van der Waals surface area contributed by atoms with Crippen molar-refractivity contribution in [3.8, 4) is 0 Å². The first-order valence-corrected chi connectivity index (χ1v) is 8.99. The van der Waals surface area contributed by atoms with Crippen LogP contribution in [-0.4, -0.2) is 57.7 Å². The molecule has 0 saturated carbocycles. The molecule has 0 bridgehead atoms. The van der Waals surface area contributed by atoms with Crippen LogP contribution in [0.2, 0.25) is 0 Å². The molecule has 10 heteroatoms. The second kappa shape index (κ2) is 10.6. The number of nitrogens with one attached hydrogen (secondary N) is 2. The summed E-state index contributed by atoms with van der Waals surface area (Å²) >= 11 is 0. The summed E-state index contributed by atoms with van der Waals surface area (Å²) < 4.78 is 48.6. The SMILES string of the molecule is CN=C(NCC(C)C)NCC1CCN(S(=O)(=O)C(F)F)CC1.I. The maximum absolute atomic E-state index is 12.5. The predicted octanol–water partition coefficient (Wildman–Crippen LogP) is 1.69. The van der Waals surface area contributed by atoms with Gasteiger partial charge in [0.15, 0.2) is 5.96 Å². The first-order chi connectivity index (χ1) is 10.3. The summed E-state index contributed by atoms with van der Waals surface area (Å²) in [5.41, 5.74) is 0. The first kappa shape index (κ1) is 22.8. The lowest BCUT2D eigenvalue weighted by atomic mass is 9.98. The molecular weight excluding hydrogens is 441 g/mol. The second-order valence-corrected chi connectivity index (χ2v) is 7.78. The molecule has 0 spiro atoms. The van der Waals surface area contributed by atoms with Crippen molar-refractivity contribution in [2.45, 2.75) is 32.4 Å². The zero-order valence-electron chi connectivity index (χ0n) is 13.8. The molecule has 6 nitrogen and oxygen atoms in total. The molecule has 0 amide bonds. The third-order valence-electron chi connectivity index (χ3n) is 3.62. The van der Waals surface area contributed by atoms with Crippen molar-refractivity contribution in [1.82, 2.24) is 14.9 Å². The van der Waals surface area contributed by atoms with Crippen molar-refractivity contribution < 1.29 is 17.2 Å². The van der Waals surface area contributed by atoms with Gasteiger partial charge < -0.3 is 10.6 Å². The molecule has 0 unspecified atom stereocenters. The van der Waals surface area contributed by atoms with Crippen molar-refractivity contribution in [3.63, 3.8) is 0 Å². The fourth-order valence-electron chi connectivity index (χ4n) is 2.24. The van der Waals surface area contributed by atoms with Crippen LogP contribution in [0.15, 0.2) is 4.99 Å². The lowest BCUT2D eigenvalue weighted by Gasteiger charge is -2.31. The molecule has 1 aliphatic rings. The number of aliphatic imine (C=N–C) groups is 1. The molecule has 1 fully saturated rings. The van der Waals surface area contributed by atoms with E-state index in [1.165, 1.54) is 0 Å². The molecule has 1 aliphatic heterocycles. The third-order valence-corrected chi connectivity index (χ3v) is 5.15. The summed E-state index contributed by atoms with van der Waals surface area (Å²) in [5, 5.41) is 6.38. The van der Waals surface area contributed by atoms with Crippen LogP contribution in [-0.2, 0) is 10.0 Å². The molecule has 1 heterocycles. The Balaban J connectivity index is 0.00000484. The summed E-state index contributed by atoms with van der Waals surface area (Å²) in [6.45, 7) is 5.96. The highest BCUT2D eigenvalue weighted by Crippen LogP contribution is 2.22. The van der Waals surface area contributed by atoms with Crippen molar-refractivity contribution in [1.29, 1.82) is 0 Å². The van der Waals surface area contributed by atoms with Crippen LogP contribution >= 0.6 is 24.0 Å². The highest BCUT2D eigenvalue weighted by Gasteiger charge is 2.34. The van der Waals surface area contributed by atoms with Crippen molar-refractivity contribution in [2.24, 2.45) is 16.8 Å². The Hall–Kier alpha value is -0.230. The molecular formula is C13H27F2IN4O2S. The molecule has 138 valence electrons. The Labute approximate surface area is 154 Å². The number of nitrogens with zero attached hydrogens (tertiary/aromatic N) is 2. The molecule has 1 rings (SSSR count). The van der Waals surface area contributed by atoms with Crippen LogP contribution in [0, 0.1) is 11.8 Å². The van der Waals surface area contributed by atoms with E-state index in [0.717, 1.165) is 10.8 Å². The van der Waals surface area contributed by atoms with E-state index in [1.54, 1.807) is 7.05 Å². The summed E-state index contributed by atoms with van der Waals surface area (Å²) in [6, 6.07) is 0. The van der Waals surface area contributed by atoms with Crippen molar-refractivity contribution >= 4 is 40.0 Å². The Bertz CT molecular complexity index is 467. The molecule has 0 aromatic rings. The number of piperidine rings is 1. The molecule has 0 atom stereocenters. The zero-order chi connectivity index (χ0) is 16.8. The van der Waals surface area contributed by atoms with Gasteiger partial charge in [0.2, 0.25) is 0 Å². The summed E-state index contributed by atoms with van der Waals surface area (Å²) in [7, 11) is -2.75. The molecule has 23 heavy (non-hydrogen) atoms. The van der Waals surface area contributed by atoms with E-state index >= 15 is 0 Å². The highest BCUT2D eigenvalue weighted by atomic mass is 127. The van der Waals surface area contributed by atoms with Gasteiger partial charge in [-0.2, -0.15) is 13.1 Å². The van der Waals surface area contributed by atoms with Crippen LogP contribution < -0.4 is 10.6 Å². The van der Waals surface area contributed by atoms with Gasteiger partial charge in [-0.3, -0.25) is 4.99 Å². The van der Waals surface area contributed by atoms with Gasteiger partial charge >= 0.3 is 5.76 Å². The van der Waals surface area contributed by atoms with Gasteiger partial charge in [0, 0.05) is 33.2 Å². The topological polar surface area (TPSA) is 73.8 Å². The van der Waals surface area contributed by atoms with E-state index in [4.69, 9.17) is 0 Å². The zero-order valence-corrected chi connectivity index (χ0v) is 16.9. The van der Waals surface area contributed by atoms with Gasteiger partial charge in [-0.05, 0) is 24.7 Å². The fourth-order valence-corrected chi connectivity index (χ4v) is 3.19. The monoisotopic (exact) mass is 468 g/mol.